The first kappa shape index (κ1) is 18.8. The Morgan fingerprint density at radius 2 is 2.13 bits per heavy atom. The number of rotatable bonds is 3. The Labute approximate surface area is 141 Å². The molecule has 0 radical (unpaired) electrons. The van der Waals surface area contributed by atoms with Gasteiger partial charge in [-0.2, -0.15) is 5.26 Å². The van der Waals surface area contributed by atoms with Crippen molar-refractivity contribution in [2.75, 3.05) is 6.26 Å². The van der Waals surface area contributed by atoms with Crippen LogP contribution in [0.4, 0.5) is 10.5 Å². The van der Waals surface area contributed by atoms with Crippen LogP contribution in [0.5, 0.6) is 0 Å². The molecule has 1 amide bonds. The van der Waals surface area contributed by atoms with Gasteiger partial charge < -0.3 is 10.1 Å². The van der Waals surface area contributed by atoms with Gasteiger partial charge in [-0.15, -0.1) is 0 Å². The number of carbonyl (C=O) groups excluding carboxylic acids is 1. The van der Waals surface area contributed by atoms with Gasteiger partial charge >= 0.3 is 6.09 Å². The van der Waals surface area contributed by atoms with Gasteiger partial charge in [0.15, 0.2) is 11.4 Å². The Kier molecular flexibility index (Phi) is 6.91. The first-order chi connectivity index (χ1) is 10.7. The zero-order chi connectivity index (χ0) is 17.5. The molecule has 0 saturated carbocycles. The number of amidine groups is 1. The smallest absolute Gasteiger partial charge is 0.408 e. The van der Waals surface area contributed by atoms with Crippen molar-refractivity contribution in [2.45, 2.75) is 39.3 Å². The molecule has 1 aromatic rings. The number of hydrogen-bond acceptors (Lipinski definition) is 5. The van der Waals surface area contributed by atoms with Crippen molar-refractivity contribution >= 4 is 28.7 Å². The van der Waals surface area contributed by atoms with Gasteiger partial charge in [-0.05, 0) is 51.6 Å². The molecular weight excluding hydrogens is 312 g/mol. The fraction of sp³-hybridized carbons (Fsp3) is 0.438. The van der Waals surface area contributed by atoms with E-state index < -0.39 is 11.7 Å². The van der Waals surface area contributed by atoms with E-state index in [1.165, 1.54) is 11.8 Å². The van der Waals surface area contributed by atoms with E-state index in [-0.39, 0.29) is 6.04 Å². The fourth-order valence-corrected chi connectivity index (χ4v) is 2.07. The van der Waals surface area contributed by atoms with Crippen molar-refractivity contribution in [3.8, 4) is 6.19 Å². The average Bonchev–Trinajstić information content (AvgIpc) is 2.45. The summed E-state index contributed by atoms with van der Waals surface area (Å²) >= 11 is 1.35. The molecule has 1 rings (SSSR count). The molecular formula is C16H22N4O2S. The second-order valence-corrected chi connectivity index (χ2v) is 6.62. The van der Waals surface area contributed by atoms with Gasteiger partial charge in [-0.1, -0.05) is 23.9 Å². The molecule has 0 aliphatic carbocycles. The van der Waals surface area contributed by atoms with Crippen molar-refractivity contribution in [1.82, 2.24) is 10.6 Å². The number of alkyl carbamates (subject to hydrolysis) is 1. The lowest BCUT2D eigenvalue weighted by molar-refractivity contribution is 0.0508. The van der Waals surface area contributed by atoms with Gasteiger partial charge in [0.2, 0.25) is 0 Å². The summed E-state index contributed by atoms with van der Waals surface area (Å²) in [5.74, 6) is 0. The maximum absolute atomic E-state index is 11.8. The van der Waals surface area contributed by atoms with Crippen LogP contribution >= 0.6 is 11.8 Å². The van der Waals surface area contributed by atoms with Gasteiger partial charge in [-0.3, -0.25) is 5.32 Å². The highest BCUT2D eigenvalue weighted by atomic mass is 32.2. The quantitative estimate of drug-likeness (QED) is 0.381. The van der Waals surface area contributed by atoms with E-state index in [9.17, 15) is 4.79 Å². The van der Waals surface area contributed by atoms with Crippen LogP contribution in [-0.4, -0.2) is 23.1 Å². The van der Waals surface area contributed by atoms with Crippen molar-refractivity contribution in [3.05, 3.63) is 29.8 Å². The maximum Gasteiger partial charge on any atom is 0.408 e. The first-order valence-electron chi connectivity index (χ1n) is 7.12. The molecule has 7 heteroatoms. The average molecular weight is 334 g/mol. The lowest BCUT2D eigenvalue weighted by Crippen LogP contribution is -2.34. The third kappa shape index (κ3) is 7.06. The Hall–Kier alpha value is -2.20. The summed E-state index contributed by atoms with van der Waals surface area (Å²) in [5.41, 5.74) is 1.06. The van der Waals surface area contributed by atoms with E-state index in [2.05, 4.69) is 15.6 Å². The summed E-state index contributed by atoms with van der Waals surface area (Å²) in [7, 11) is 0. The highest BCUT2D eigenvalue weighted by molar-refractivity contribution is 8.13. The molecule has 0 fully saturated rings. The number of thioether (sulfide) groups is 1. The lowest BCUT2D eigenvalue weighted by atomic mass is 10.1. The number of amides is 1. The SMILES string of the molecule is CSC(=Nc1cccc(C(C)NC(=O)OC(C)(C)C)c1)NC#N. The first-order valence-corrected chi connectivity index (χ1v) is 8.35. The van der Waals surface area contributed by atoms with E-state index in [1.807, 2.05) is 64.4 Å². The van der Waals surface area contributed by atoms with Crippen molar-refractivity contribution in [3.63, 3.8) is 0 Å². The van der Waals surface area contributed by atoms with Crippen molar-refractivity contribution < 1.29 is 9.53 Å². The minimum atomic E-state index is -0.536. The van der Waals surface area contributed by atoms with Crippen LogP contribution in [0.1, 0.15) is 39.3 Å². The van der Waals surface area contributed by atoms with Crippen molar-refractivity contribution in [2.24, 2.45) is 4.99 Å². The predicted molar refractivity (Wildman–Crippen MR) is 93.6 cm³/mol. The third-order valence-corrected chi connectivity index (χ3v) is 3.27. The van der Waals surface area contributed by atoms with E-state index in [1.54, 1.807) is 0 Å². The molecule has 0 aromatic heterocycles. The van der Waals surface area contributed by atoms with Crippen LogP contribution in [0, 0.1) is 11.5 Å². The molecule has 1 aromatic carbocycles. The molecule has 0 saturated heterocycles. The minimum Gasteiger partial charge on any atom is -0.444 e. The number of nitrogens with one attached hydrogen (secondary N) is 2. The number of aliphatic imine (C=N–C) groups is 1. The van der Waals surface area contributed by atoms with Crippen LogP contribution in [0.15, 0.2) is 29.3 Å². The molecule has 0 aliphatic rings. The Morgan fingerprint density at radius 3 is 2.70 bits per heavy atom. The lowest BCUT2D eigenvalue weighted by Gasteiger charge is -2.22. The van der Waals surface area contributed by atoms with E-state index in [0.717, 1.165) is 5.56 Å². The number of ether oxygens (including phenoxy) is 1. The molecule has 23 heavy (non-hydrogen) atoms. The number of carbonyl (C=O) groups is 1. The van der Waals surface area contributed by atoms with Crippen LogP contribution in [0.25, 0.3) is 0 Å². The van der Waals surface area contributed by atoms with Gasteiger partial charge in [0.1, 0.15) is 5.60 Å². The Bertz CT molecular complexity index is 617. The second kappa shape index (κ2) is 8.44. The number of nitriles is 1. The summed E-state index contributed by atoms with van der Waals surface area (Å²) < 4.78 is 5.25. The number of hydrogen-bond donors (Lipinski definition) is 2. The fourth-order valence-electron chi connectivity index (χ4n) is 1.72. The third-order valence-electron chi connectivity index (χ3n) is 2.69. The molecule has 0 heterocycles. The summed E-state index contributed by atoms with van der Waals surface area (Å²) in [5, 5.41) is 14.5. The van der Waals surface area contributed by atoms with E-state index >= 15 is 0 Å². The van der Waals surface area contributed by atoms with Gasteiger partial charge in [0.05, 0.1) is 11.7 Å². The molecule has 1 atom stereocenters. The normalized spacial score (nSPS) is 13.0. The zero-order valence-electron chi connectivity index (χ0n) is 14.0. The number of benzene rings is 1. The Balaban J connectivity index is 2.83. The zero-order valence-corrected chi connectivity index (χ0v) is 14.8. The highest BCUT2D eigenvalue weighted by Gasteiger charge is 2.18. The maximum atomic E-state index is 11.8. The molecule has 0 aliphatic heterocycles. The molecule has 0 bridgehead atoms. The monoisotopic (exact) mass is 334 g/mol. The summed E-state index contributed by atoms with van der Waals surface area (Å²) in [6, 6.07) is 7.22. The number of nitrogens with zero attached hydrogens (tertiary/aromatic N) is 2. The van der Waals surface area contributed by atoms with Gasteiger partial charge in [0, 0.05) is 0 Å². The van der Waals surface area contributed by atoms with Crippen LogP contribution < -0.4 is 10.6 Å². The van der Waals surface area contributed by atoms with Crippen molar-refractivity contribution in [1.29, 1.82) is 5.26 Å². The molecule has 0 spiro atoms. The standard InChI is InChI=1S/C16H22N4O2S/c1-11(19-15(21)22-16(2,3)4)12-7-6-8-13(9-12)20-14(23-5)18-10-17/h6-9,11H,1-5H3,(H,18,20)(H,19,21). The molecule has 2 N–H and O–H groups in total. The largest absolute Gasteiger partial charge is 0.444 e. The summed E-state index contributed by atoms with van der Waals surface area (Å²) in [4.78, 5) is 16.2. The van der Waals surface area contributed by atoms with E-state index in [0.29, 0.717) is 10.9 Å². The summed E-state index contributed by atoms with van der Waals surface area (Å²) in [6.07, 6.45) is 3.22. The highest BCUT2D eigenvalue weighted by Crippen LogP contribution is 2.21. The second-order valence-electron chi connectivity index (χ2n) is 5.82. The molecule has 6 nitrogen and oxygen atoms in total. The molecule has 1 unspecified atom stereocenters. The topological polar surface area (TPSA) is 86.5 Å². The Morgan fingerprint density at radius 1 is 1.43 bits per heavy atom. The minimum absolute atomic E-state index is 0.221. The summed E-state index contributed by atoms with van der Waals surface area (Å²) in [6.45, 7) is 7.33. The van der Waals surface area contributed by atoms with Crippen LogP contribution in [0.3, 0.4) is 0 Å². The van der Waals surface area contributed by atoms with Gasteiger partial charge in [0.25, 0.3) is 0 Å². The van der Waals surface area contributed by atoms with Gasteiger partial charge in [-0.25, -0.2) is 9.79 Å². The van der Waals surface area contributed by atoms with Crippen LogP contribution in [0.2, 0.25) is 0 Å². The molecule has 124 valence electrons. The van der Waals surface area contributed by atoms with E-state index in [4.69, 9.17) is 10.00 Å². The van der Waals surface area contributed by atoms with Crippen LogP contribution in [-0.2, 0) is 4.74 Å². The predicted octanol–water partition coefficient (Wildman–Crippen LogP) is 3.69.